The summed E-state index contributed by atoms with van der Waals surface area (Å²) in [5.74, 6) is -2.56. The summed E-state index contributed by atoms with van der Waals surface area (Å²) in [5.41, 5.74) is 6.27. The van der Waals surface area contributed by atoms with Gasteiger partial charge in [0.2, 0.25) is 0 Å². The molecule has 6 N–H and O–H groups in total. The Kier molecular flexibility index (Phi) is 4.50. The van der Waals surface area contributed by atoms with E-state index in [1.54, 1.807) is 12.1 Å². The van der Waals surface area contributed by atoms with Gasteiger partial charge in [0.1, 0.15) is 11.8 Å². The van der Waals surface area contributed by atoms with Crippen LogP contribution < -0.4 is 11.1 Å². The first-order valence-corrected chi connectivity index (χ1v) is 5.16. The number of phenols is 1. The number of rotatable bonds is 6. The van der Waals surface area contributed by atoms with Crippen molar-refractivity contribution in [2.24, 2.45) is 0 Å². The first-order valence-electron chi connectivity index (χ1n) is 5.16. The predicted molar refractivity (Wildman–Crippen MR) is 63.0 cm³/mol. The second kappa shape index (κ2) is 5.87. The summed E-state index contributed by atoms with van der Waals surface area (Å²) in [6, 6.07) is 3.30. The van der Waals surface area contributed by atoms with Gasteiger partial charge in [0.05, 0.1) is 6.42 Å². The van der Waals surface area contributed by atoms with Gasteiger partial charge >= 0.3 is 11.9 Å². The van der Waals surface area contributed by atoms with E-state index in [-0.39, 0.29) is 12.3 Å². The molecule has 7 nitrogen and oxygen atoms in total. The number of hydrogen-bond acceptors (Lipinski definition) is 5. The van der Waals surface area contributed by atoms with Crippen molar-refractivity contribution in [3.05, 3.63) is 23.8 Å². The third-order valence-corrected chi connectivity index (χ3v) is 2.39. The SMILES string of the molecule is Nc1cccc(O)c1CNC(CC(=O)O)C(=O)O. The molecule has 1 unspecified atom stereocenters. The average Bonchev–Trinajstić information content (AvgIpc) is 2.26. The minimum atomic E-state index is -1.27. The van der Waals surface area contributed by atoms with Crippen molar-refractivity contribution in [1.82, 2.24) is 5.32 Å². The van der Waals surface area contributed by atoms with Gasteiger partial charge in [-0.05, 0) is 12.1 Å². The molecule has 1 aromatic rings. The van der Waals surface area contributed by atoms with Gasteiger partial charge in [-0.25, -0.2) is 0 Å². The van der Waals surface area contributed by atoms with E-state index >= 15 is 0 Å². The van der Waals surface area contributed by atoms with Crippen LogP contribution in [0.2, 0.25) is 0 Å². The largest absolute Gasteiger partial charge is 0.508 e. The van der Waals surface area contributed by atoms with Crippen LogP contribution in [0.25, 0.3) is 0 Å². The Labute approximate surface area is 103 Å². The maximum Gasteiger partial charge on any atom is 0.321 e. The number of benzene rings is 1. The minimum absolute atomic E-state index is 0.0250. The number of carbonyl (C=O) groups is 2. The standard InChI is InChI=1S/C11H14N2O5/c12-7-2-1-3-9(14)6(7)5-13-8(11(17)18)4-10(15)16/h1-3,8,13-14H,4-5,12H2,(H,15,16)(H,17,18). The monoisotopic (exact) mass is 254 g/mol. The Morgan fingerprint density at radius 3 is 2.50 bits per heavy atom. The first kappa shape index (κ1) is 13.8. The summed E-state index contributed by atoms with van der Waals surface area (Å²) >= 11 is 0. The van der Waals surface area contributed by atoms with Crippen molar-refractivity contribution in [1.29, 1.82) is 0 Å². The highest BCUT2D eigenvalue weighted by Gasteiger charge is 2.21. The summed E-state index contributed by atoms with van der Waals surface area (Å²) in [7, 11) is 0. The lowest BCUT2D eigenvalue weighted by Crippen LogP contribution is -2.38. The zero-order chi connectivity index (χ0) is 13.7. The van der Waals surface area contributed by atoms with E-state index in [1.165, 1.54) is 6.07 Å². The highest BCUT2D eigenvalue weighted by molar-refractivity contribution is 5.80. The van der Waals surface area contributed by atoms with Crippen molar-refractivity contribution in [3.63, 3.8) is 0 Å². The average molecular weight is 254 g/mol. The van der Waals surface area contributed by atoms with Crippen LogP contribution in [0, 0.1) is 0 Å². The van der Waals surface area contributed by atoms with E-state index in [1.807, 2.05) is 0 Å². The van der Waals surface area contributed by atoms with Crippen LogP contribution in [0.1, 0.15) is 12.0 Å². The van der Waals surface area contributed by atoms with Crippen molar-refractivity contribution < 1.29 is 24.9 Å². The number of nitrogen functional groups attached to an aromatic ring is 1. The summed E-state index contributed by atoms with van der Waals surface area (Å²) < 4.78 is 0. The second-order valence-electron chi connectivity index (χ2n) is 3.71. The Bertz CT molecular complexity index is 440. The molecule has 7 heteroatoms. The molecule has 18 heavy (non-hydrogen) atoms. The van der Waals surface area contributed by atoms with Crippen LogP contribution >= 0.6 is 0 Å². The summed E-state index contributed by atoms with van der Waals surface area (Å²) in [4.78, 5) is 21.3. The Morgan fingerprint density at radius 1 is 1.33 bits per heavy atom. The molecule has 1 aromatic carbocycles. The molecule has 0 aliphatic heterocycles. The molecular weight excluding hydrogens is 240 g/mol. The van der Waals surface area contributed by atoms with Gasteiger partial charge < -0.3 is 21.1 Å². The van der Waals surface area contributed by atoms with Crippen molar-refractivity contribution in [2.75, 3.05) is 5.73 Å². The van der Waals surface area contributed by atoms with Crippen LogP contribution in [0.5, 0.6) is 5.75 Å². The zero-order valence-corrected chi connectivity index (χ0v) is 9.46. The molecular formula is C11H14N2O5. The van der Waals surface area contributed by atoms with Crippen molar-refractivity contribution >= 4 is 17.6 Å². The maximum atomic E-state index is 10.8. The molecule has 0 heterocycles. The van der Waals surface area contributed by atoms with Crippen molar-refractivity contribution in [2.45, 2.75) is 19.0 Å². The number of nitrogens with one attached hydrogen (secondary N) is 1. The molecule has 1 rings (SSSR count). The number of carboxylic acids is 2. The van der Waals surface area contributed by atoms with Crippen LogP contribution in [-0.2, 0) is 16.1 Å². The molecule has 0 bridgehead atoms. The Hall–Kier alpha value is -2.28. The van der Waals surface area contributed by atoms with Crippen molar-refractivity contribution in [3.8, 4) is 5.75 Å². The third kappa shape index (κ3) is 3.63. The van der Waals surface area contributed by atoms with Gasteiger partial charge in [0.15, 0.2) is 0 Å². The third-order valence-electron chi connectivity index (χ3n) is 2.39. The van der Waals surface area contributed by atoms with E-state index in [0.29, 0.717) is 11.3 Å². The van der Waals surface area contributed by atoms with Gasteiger partial charge in [0.25, 0.3) is 0 Å². The van der Waals surface area contributed by atoms with Gasteiger partial charge in [-0.15, -0.1) is 0 Å². The zero-order valence-electron chi connectivity index (χ0n) is 9.46. The Balaban J connectivity index is 2.73. The van der Waals surface area contributed by atoms with Crippen LogP contribution in [0.4, 0.5) is 5.69 Å². The molecule has 98 valence electrons. The van der Waals surface area contributed by atoms with Gasteiger partial charge in [-0.1, -0.05) is 6.07 Å². The lowest BCUT2D eigenvalue weighted by molar-refractivity contribution is -0.146. The molecule has 0 aromatic heterocycles. The summed E-state index contributed by atoms with van der Waals surface area (Å²) in [6.45, 7) is -0.0250. The topological polar surface area (TPSA) is 133 Å². The molecule has 0 spiro atoms. The van der Waals surface area contributed by atoms with Gasteiger partial charge in [0, 0.05) is 17.8 Å². The molecule has 0 aliphatic rings. The smallest absolute Gasteiger partial charge is 0.321 e. The van der Waals surface area contributed by atoms with E-state index in [9.17, 15) is 14.7 Å². The molecule has 0 saturated heterocycles. The molecule has 0 amide bonds. The number of anilines is 1. The molecule has 0 radical (unpaired) electrons. The molecule has 1 atom stereocenters. The van der Waals surface area contributed by atoms with Gasteiger partial charge in [-0.2, -0.15) is 0 Å². The van der Waals surface area contributed by atoms with E-state index < -0.39 is 24.4 Å². The number of nitrogens with two attached hydrogens (primary N) is 1. The highest BCUT2D eigenvalue weighted by Crippen LogP contribution is 2.22. The fourth-order valence-corrected chi connectivity index (χ4v) is 1.43. The summed E-state index contributed by atoms with van der Waals surface area (Å²) in [6.07, 6.45) is -0.553. The van der Waals surface area contributed by atoms with E-state index in [0.717, 1.165) is 0 Å². The molecule has 0 saturated carbocycles. The number of aliphatic carboxylic acids is 2. The van der Waals surface area contributed by atoms with Crippen LogP contribution in [0.3, 0.4) is 0 Å². The molecule has 0 fully saturated rings. The number of hydrogen-bond donors (Lipinski definition) is 5. The summed E-state index contributed by atoms with van der Waals surface area (Å²) in [5, 5.41) is 29.5. The first-order chi connectivity index (χ1) is 8.41. The lowest BCUT2D eigenvalue weighted by atomic mass is 10.1. The maximum absolute atomic E-state index is 10.8. The highest BCUT2D eigenvalue weighted by atomic mass is 16.4. The molecule has 0 aliphatic carbocycles. The fraction of sp³-hybridized carbons (Fsp3) is 0.273. The predicted octanol–water partition coefficient (Wildman–Crippen LogP) is -0.00810. The van der Waals surface area contributed by atoms with E-state index in [2.05, 4.69) is 5.32 Å². The number of aromatic hydroxyl groups is 1. The number of phenolic OH excluding ortho intramolecular Hbond substituents is 1. The lowest BCUT2D eigenvalue weighted by Gasteiger charge is -2.14. The minimum Gasteiger partial charge on any atom is -0.508 e. The number of carboxylic acid groups (broad SMARTS) is 2. The van der Waals surface area contributed by atoms with E-state index in [4.69, 9.17) is 15.9 Å². The van der Waals surface area contributed by atoms with Crippen LogP contribution in [0.15, 0.2) is 18.2 Å². The van der Waals surface area contributed by atoms with Crippen LogP contribution in [-0.4, -0.2) is 33.3 Å². The van der Waals surface area contributed by atoms with Gasteiger partial charge in [-0.3, -0.25) is 14.9 Å². The Morgan fingerprint density at radius 2 is 2.00 bits per heavy atom. The normalized spacial score (nSPS) is 12.0. The fourth-order valence-electron chi connectivity index (χ4n) is 1.43. The second-order valence-corrected chi connectivity index (χ2v) is 3.71. The quantitative estimate of drug-likeness (QED) is 0.451.